The molecule has 21 heavy (non-hydrogen) atoms. The summed E-state index contributed by atoms with van der Waals surface area (Å²) in [5.74, 6) is 0.130. The van der Waals surface area contributed by atoms with Crippen LogP contribution in [0.3, 0.4) is 0 Å². The van der Waals surface area contributed by atoms with Crippen LogP contribution in [-0.2, 0) is 9.53 Å². The van der Waals surface area contributed by atoms with E-state index in [0.29, 0.717) is 0 Å². The lowest BCUT2D eigenvalue weighted by molar-refractivity contribution is -0.147. The van der Waals surface area contributed by atoms with Crippen LogP contribution >= 0.6 is 0 Å². The van der Waals surface area contributed by atoms with E-state index in [2.05, 4.69) is 54.6 Å². The lowest BCUT2D eigenvalue weighted by Gasteiger charge is -2.26. The summed E-state index contributed by atoms with van der Waals surface area (Å²) >= 11 is 0. The van der Waals surface area contributed by atoms with Crippen molar-refractivity contribution in [2.24, 2.45) is 0 Å². The second kappa shape index (κ2) is 4.59. The largest absolute Gasteiger partial charge is 0.457 e. The Kier molecular flexibility index (Phi) is 2.71. The standard InChI is InChI=1S/C19H16O2/c1-12(20)21-19-17-9-5-4-8-15(17)16-10-11-18(19)14-7-3-2-6-13(14)16/h2-11,16,18-19H,1H3/t16-,18+,19-/m1/s1. The molecule has 0 aliphatic heterocycles. The van der Waals surface area contributed by atoms with Gasteiger partial charge in [0.05, 0.1) is 0 Å². The second-order valence-electron chi connectivity index (χ2n) is 5.68. The van der Waals surface area contributed by atoms with Gasteiger partial charge in [-0.25, -0.2) is 0 Å². The van der Waals surface area contributed by atoms with Crippen LogP contribution in [0.15, 0.2) is 60.7 Å². The zero-order valence-electron chi connectivity index (χ0n) is 11.8. The molecule has 5 rings (SSSR count). The number of carbonyl (C=O) groups is 1. The second-order valence-corrected chi connectivity index (χ2v) is 5.68. The van der Waals surface area contributed by atoms with E-state index in [1.54, 1.807) is 0 Å². The van der Waals surface area contributed by atoms with Gasteiger partial charge in [0.15, 0.2) is 0 Å². The van der Waals surface area contributed by atoms with E-state index >= 15 is 0 Å². The topological polar surface area (TPSA) is 26.3 Å². The van der Waals surface area contributed by atoms with Crippen LogP contribution in [0.25, 0.3) is 0 Å². The fourth-order valence-corrected chi connectivity index (χ4v) is 3.63. The number of carbonyl (C=O) groups excluding carboxylic acids is 1. The molecule has 0 N–H and O–H groups in total. The molecule has 0 heterocycles. The molecule has 0 fully saturated rings. The summed E-state index contributed by atoms with van der Waals surface area (Å²) in [5, 5.41) is 0. The van der Waals surface area contributed by atoms with Gasteiger partial charge in [0.1, 0.15) is 6.10 Å². The van der Waals surface area contributed by atoms with Gasteiger partial charge in [0, 0.05) is 18.8 Å². The Hall–Kier alpha value is -2.35. The fourth-order valence-electron chi connectivity index (χ4n) is 3.63. The van der Waals surface area contributed by atoms with E-state index in [1.807, 2.05) is 6.07 Å². The van der Waals surface area contributed by atoms with Crippen LogP contribution in [0.4, 0.5) is 0 Å². The smallest absolute Gasteiger partial charge is 0.303 e. The van der Waals surface area contributed by atoms with Crippen molar-refractivity contribution in [1.29, 1.82) is 0 Å². The molecule has 0 radical (unpaired) electrons. The van der Waals surface area contributed by atoms with Crippen LogP contribution in [0.2, 0.25) is 0 Å². The molecular weight excluding hydrogens is 260 g/mol. The first-order valence-electron chi connectivity index (χ1n) is 7.29. The number of ether oxygens (including phenoxy) is 1. The highest BCUT2D eigenvalue weighted by atomic mass is 16.5. The van der Waals surface area contributed by atoms with Gasteiger partial charge in [-0.3, -0.25) is 4.79 Å². The zero-order chi connectivity index (χ0) is 14.4. The first kappa shape index (κ1) is 12.4. The van der Waals surface area contributed by atoms with E-state index in [4.69, 9.17) is 4.74 Å². The summed E-state index contributed by atoms with van der Waals surface area (Å²) < 4.78 is 5.69. The summed E-state index contributed by atoms with van der Waals surface area (Å²) in [5.41, 5.74) is 4.97. The number of hydrogen-bond acceptors (Lipinski definition) is 2. The molecule has 3 aliphatic rings. The monoisotopic (exact) mass is 276 g/mol. The highest BCUT2D eigenvalue weighted by Gasteiger charge is 2.38. The average Bonchev–Trinajstić information content (AvgIpc) is 2.72. The summed E-state index contributed by atoms with van der Waals surface area (Å²) in [7, 11) is 0. The maximum Gasteiger partial charge on any atom is 0.303 e. The number of allylic oxidation sites excluding steroid dienone is 1. The first-order valence-corrected chi connectivity index (χ1v) is 7.29. The molecule has 0 aromatic heterocycles. The molecule has 0 saturated heterocycles. The van der Waals surface area contributed by atoms with Crippen LogP contribution in [0, 0.1) is 0 Å². The molecule has 3 aliphatic carbocycles. The third kappa shape index (κ3) is 1.83. The summed E-state index contributed by atoms with van der Waals surface area (Å²) in [6.45, 7) is 1.48. The van der Waals surface area contributed by atoms with Crippen molar-refractivity contribution in [3.63, 3.8) is 0 Å². The van der Waals surface area contributed by atoms with Crippen molar-refractivity contribution in [2.45, 2.75) is 24.9 Å². The van der Waals surface area contributed by atoms with E-state index < -0.39 is 0 Å². The summed E-state index contributed by atoms with van der Waals surface area (Å²) in [6.07, 6.45) is 4.21. The fraction of sp³-hybridized carbons (Fsp3) is 0.211. The Morgan fingerprint density at radius 2 is 1.43 bits per heavy atom. The van der Waals surface area contributed by atoms with E-state index in [-0.39, 0.29) is 23.9 Å². The molecule has 104 valence electrons. The Labute approximate surface area is 124 Å². The molecule has 2 aromatic carbocycles. The van der Waals surface area contributed by atoms with Crippen molar-refractivity contribution in [3.05, 3.63) is 82.9 Å². The van der Waals surface area contributed by atoms with Crippen molar-refractivity contribution < 1.29 is 9.53 Å². The van der Waals surface area contributed by atoms with Crippen LogP contribution in [0.1, 0.15) is 47.1 Å². The lowest BCUT2D eigenvalue weighted by atomic mass is 9.81. The van der Waals surface area contributed by atoms with Gasteiger partial charge < -0.3 is 4.74 Å². The normalized spacial score (nSPS) is 24.9. The molecule has 3 atom stereocenters. The minimum atomic E-state index is -0.233. The van der Waals surface area contributed by atoms with Gasteiger partial charge in [0.2, 0.25) is 0 Å². The lowest BCUT2D eigenvalue weighted by Crippen LogP contribution is -2.16. The predicted octanol–water partition coefficient (Wildman–Crippen LogP) is 4.09. The number of hydrogen-bond donors (Lipinski definition) is 0. The molecule has 2 heteroatoms. The quantitative estimate of drug-likeness (QED) is 0.579. The highest BCUT2D eigenvalue weighted by Crippen LogP contribution is 2.50. The van der Waals surface area contributed by atoms with E-state index in [0.717, 1.165) is 5.56 Å². The Morgan fingerprint density at radius 1 is 0.857 bits per heavy atom. The predicted molar refractivity (Wildman–Crippen MR) is 81.1 cm³/mol. The molecular formula is C19H16O2. The molecule has 0 unspecified atom stereocenters. The molecule has 2 aromatic rings. The van der Waals surface area contributed by atoms with Crippen LogP contribution in [-0.4, -0.2) is 5.97 Å². The summed E-state index contributed by atoms with van der Waals surface area (Å²) in [4.78, 5) is 11.6. The minimum Gasteiger partial charge on any atom is -0.457 e. The van der Waals surface area contributed by atoms with Gasteiger partial charge in [-0.05, 0) is 22.3 Å². The summed E-state index contributed by atoms with van der Waals surface area (Å²) in [6, 6.07) is 16.8. The maximum absolute atomic E-state index is 11.6. The van der Waals surface area contributed by atoms with Crippen molar-refractivity contribution in [3.8, 4) is 0 Å². The maximum atomic E-state index is 11.6. The number of rotatable bonds is 1. The van der Waals surface area contributed by atoms with E-state index in [9.17, 15) is 4.79 Å². The number of esters is 1. The minimum absolute atomic E-state index is 0.102. The third-order valence-electron chi connectivity index (χ3n) is 4.46. The average molecular weight is 276 g/mol. The SMILES string of the molecule is CC(=O)O[C@@H]1c2ccccc2[C@@H]2C=C[C@H]1c1ccccc12. The number of benzene rings is 2. The van der Waals surface area contributed by atoms with Crippen molar-refractivity contribution in [1.82, 2.24) is 0 Å². The van der Waals surface area contributed by atoms with Crippen molar-refractivity contribution >= 4 is 5.97 Å². The molecule has 2 bridgehead atoms. The highest BCUT2D eigenvalue weighted by molar-refractivity contribution is 5.67. The molecule has 0 spiro atoms. The first-order chi connectivity index (χ1) is 10.3. The van der Waals surface area contributed by atoms with Gasteiger partial charge >= 0.3 is 5.97 Å². The van der Waals surface area contributed by atoms with Crippen LogP contribution < -0.4 is 0 Å². The molecule has 0 amide bonds. The van der Waals surface area contributed by atoms with E-state index in [1.165, 1.54) is 23.6 Å². The van der Waals surface area contributed by atoms with Crippen molar-refractivity contribution in [2.75, 3.05) is 0 Å². The Balaban J connectivity index is 1.98. The van der Waals surface area contributed by atoms with Gasteiger partial charge in [-0.2, -0.15) is 0 Å². The zero-order valence-corrected chi connectivity index (χ0v) is 11.8. The van der Waals surface area contributed by atoms with Crippen LogP contribution in [0.5, 0.6) is 0 Å². The Bertz CT molecular complexity index is 745. The molecule has 2 nitrogen and oxygen atoms in total. The molecule has 0 saturated carbocycles. The Morgan fingerprint density at radius 3 is 2.10 bits per heavy atom. The van der Waals surface area contributed by atoms with Gasteiger partial charge in [-0.15, -0.1) is 0 Å². The third-order valence-corrected chi connectivity index (χ3v) is 4.46. The van der Waals surface area contributed by atoms with Gasteiger partial charge in [0.25, 0.3) is 0 Å². The van der Waals surface area contributed by atoms with Gasteiger partial charge in [-0.1, -0.05) is 60.7 Å².